The van der Waals surface area contributed by atoms with Crippen LogP contribution in [0.2, 0.25) is 0 Å². The van der Waals surface area contributed by atoms with Gasteiger partial charge in [-0.3, -0.25) is 15.0 Å². The van der Waals surface area contributed by atoms with Crippen LogP contribution in [0.1, 0.15) is 31.3 Å². The lowest BCUT2D eigenvalue weighted by atomic mass is 9.95. The standard InChI is InChI=1S/C23H27BrFN7O4/c1-3-35-22(33)18-17(12-31-7-9-32(10-8-31)23(34)36-4-2)28-21(20-26-13-27-30-20)29-19(18)15-6-5-14(25)11-16(15)24/h5-6,11,13,19H,3-4,7-10,12H2,1-2H3,(H,28,29)(H,26,27,30). The zero-order valence-corrected chi connectivity index (χ0v) is 21.5. The fourth-order valence-electron chi connectivity index (χ4n) is 4.08. The minimum Gasteiger partial charge on any atom is -0.463 e. The third-order valence-electron chi connectivity index (χ3n) is 5.80. The fraction of sp³-hybridized carbons (Fsp3) is 0.435. The number of rotatable bonds is 7. The Bertz CT molecular complexity index is 1160. The van der Waals surface area contributed by atoms with Crippen molar-refractivity contribution in [2.75, 3.05) is 45.9 Å². The summed E-state index contributed by atoms with van der Waals surface area (Å²) in [6.45, 7) is 6.54. The molecule has 192 valence electrons. The van der Waals surface area contributed by atoms with Crippen molar-refractivity contribution in [2.24, 2.45) is 4.99 Å². The number of esters is 1. The highest BCUT2D eigenvalue weighted by atomic mass is 79.9. The highest BCUT2D eigenvalue weighted by molar-refractivity contribution is 9.10. The number of aliphatic imine (C=N–C) groups is 1. The van der Waals surface area contributed by atoms with E-state index in [9.17, 15) is 14.0 Å². The summed E-state index contributed by atoms with van der Waals surface area (Å²) >= 11 is 3.42. The van der Waals surface area contributed by atoms with E-state index < -0.39 is 17.8 Å². The first kappa shape index (κ1) is 25.8. The minimum absolute atomic E-state index is 0.184. The number of benzene rings is 1. The molecule has 1 unspecified atom stereocenters. The number of nitrogens with zero attached hydrogens (tertiary/aromatic N) is 5. The molecule has 4 rings (SSSR count). The number of carbonyl (C=O) groups excluding carboxylic acids is 2. The number of halogens is 2. The van der Waals surface area contributed by atoms with E-state index in [4.69, 9.17) is 14.5 Å². The van der Waals surface area contributed by atoms with Gasteiger partial charge in [0.05, 0.1) is 18.8 Å². The molecule has 13 heteroatoms. The van der Waals surface area contributed by atoms with E-state index in [1.807, 2.05) is 0 Å². The van der Waals surface area contributed by atoms with Gasteiger partial charge in [-0.25, -0.2) is 19.0 Å². The van der Waals surface area contributed by atoms with Crippen molar-refractivity contribution in [1.82, 2.24) is 30.3 Å². The van der Waals surface area contributed by atoms with Crippen LogP contribution in [0.25, 0.3) is 0 Å². The Hall–Kier alpha value is -3.32. The van der Waals surface area contributed by atoms with Gasteiger partial charge in [0.25, 0.3) is 0 Å². The molecule has 0 bridgehead atoms. The average molecular weight is 564 g/mol. The molecule has 1 aromatic heterocycles. The molecule has 1 amide bonds. The van der Waals surface area contributed by atoms with Crippen LogP contribution in [-0.2, 0) is 14.3 Å². The predicted molar refractivity (Wildman–Crippen MR) is 132 cm³/mol. The van der Waals surface area contributed by atoms with E-state index in [0.717, 1.165) is 0 Å². The topological polar surface area (TPSA) is 125 Å². The number of carbonyl (C=O) groups is 2. The van der Waals surface area contributed by atoms with Crippen molar-refractivity contribution >= 4 is 33.8 Å². The van der Waals surface area contributed by atoms with Crippen LogP contribution in [0.5, 0.6) is 0 Å². The molecule has 0 saturated carbocycles. The number of H-pyrrole nitrogens is 1. The molecule has 3 heterocycles. The molecule has 2 aliphatic heterocycles. The molecule has 2 N–H and O–H groups in total. The maximum Gasteiger partial charge on any atom is 0.409 e. The number of piperazine rings is 1. The van der Waals surface area contributed by atoms with Crippen molar-refractivity contribution in [3.05, 3.63) is 57.5 Å². The number of nitrogens with one attached hydrogen (secondary N) is 2. The minimum atomic E-state index is -0.781. The Morgan fingerprint density at radius 2 is 1.92 bits per heavy atom. The van der Waals surface area contributed by atoms with Crippen molar-refractivity contribution in [3.8, 4) is 0 Å². The summed E-state index contributed by atoms with van der Waals surface area (Å²) in [5.74, 6) is -0.153. The second kappa shape index (κ2) is 11.6. The highest BCUT2D eigenvalue weighted by Crippen LogP contribution is 2.36. The van der Waals surface area contributed by atoms with Gasteiger partial charge in [-0.2, -0.15) is 5.10 Å². The summed E-state index contributed by atoms with van der Waals surface area (Å²) in [6, 6.07) is 3.46. The molecule has 11 nitrogen and oxygen atoms in total. The monoisotopic (exact) mass is 563 g/mol. The Kier molecular flexibility index (Phi) is 8.31. The van der Waals surface area contributed by atoms with Crippen LogP contribution in [0.3, 0.4) is 0 Å². The Balaban J connectivity index is 1.69. The molecule has 2 aromatic rings. The number of ether oxygens (including phenoxy) is 2. The normalized spacial score (nSPS) is 18.5. The molecule has 0 radical (unpaired) electrons. The summed E-state index contributed by atoms with van der Waals surface area (Å²) in [6.07, 6.45) is 1.03. The van der Waals surface area contributed by atoms with E-state index in [0.29, 0.717) is 72.3 Å². The molecule has 2 aliphatic rings. The van der Waals surface area contributed by atoms with E-state index in [2.05, 4.69) is 41.3 Å². The molecule has 1 atom stereocenters. The lowest BCUT2D eigenvalue weighted by Crippen LogP contribution is -2.50. The Morgan fingerprint density at radius 3 is 2.56 bits per heavy atom. The predicted octanol–water partition coefficient (Wildman–Crippen LogP) is 2.39. The smallest absolute Gasteiger partial charge is 0.409 e. The van der Waals surface area contributed by atoms with Crippen LogP contribution in [0.15, 0.2) is 45.3 Å². The molecule has 1 fully saturated rings. The summed E-state index contributed by atoms with van der Waals surface area (Å²) < 4.78 is 24.8. The zero-order valence-electron chi connectivity index (χ0n) is 20.0. The molecular weight excluding hydrogens is 537 g/mol. The van der Waals surface area contributed by atoms with E-state index in [-0.39, 0.29) is 12.7 Å². The van der Waals surface area contributed by atoms with Crippen molar-refractivity contribution in [3.63, 3.8) is 0 Å². The molecule has 1 aromatic carbocycles. The number of aromatic nitrogens is 3. The van der Waals surface area contributed by atoms with Crippen molar-refractivity contribution in [1.29, 1.82) is 0 Å². The van der Waals surface area contributed by atoms with Gasteiger partial charge >= 0.3 is 12.1 Å². The number of hydrogen-bond acceptors (Lipinski definition) is 9. The van der Waals surface area contributed by atoms with Gasteiger partial charge in [0.15, 0.2) is 11.7 Å². The van der Waals surface area contributed by atoms with Crippen molar-refractivity contribution < 1.29 is 23.5 Å². The first-order valence-corrected chi connectivity index (χ1v) is 12.4. The third-order valence-corrected chi connectivity index (χ3v) is 6.48. The SMILES string of the molecule is CCOC(=O)C1=C(CN2CCN(C(=O)OCC)CC2)NC(c2ncn[nH]2)=NC1c1ccc(F)cc1Br. The van der Waals surface area contributed by atoms with Gasteiger partial charge in [-0.05, 0) is 31.5 Å². The number of aromatic amines is 1. The Morgan fingerprint density at radius 1 is 1.17 bits per heavy atom. The van der Waals surface area contributed by atoms with Crippen LogP contribution in [-0.4, -0.2) is 88.8 Å². The quantitative estimate of drug-likeness (QED) is 0.492. The summed E-state index contributed by atoms with van der Waals surface area (Å²) in [7, 11) is 0. The van der Waals surface area contributed by atoms with E-state index in [1.165, 1.54) is 18.5 Å². The molecule has 36 heavy (non-hydrogen) atoms. The summed E-state index contributed by atoms with van der Waals surface area (Å²) in [4.78, 5) is 38.0. The van der Waals surface area contributed by atoms with Crippen LogP contribution < -0.4 is 5.32 Å². The second-order valence-corrected chi connectivity index (χ2v) is 8.93. The number of amides is 1. The lowest BCUT2D eigenvalue weighted by molar-refractivity contribution is -0.139. The van der Waals surface area contributed by atoms with Crippen LogP contribution in [0, 0.1) is 5.82 Å². The van der Waals surface area contributed by atoms with Crippen LogP contribution >= 0.6 is 15.9 Å². The van der Waals surface area contributed by atoms with Gasteiger partial charge in [0, 0.05) is 42.9 Å². The maximum atomic E-state index is 13.9. The van der Waals surface area contributed by atoms with Gasteiger partial charge < -0.3 is 19.7 Å². The number of hydrogen-bond donors (Lipinski definition) is 2. The fourth-order valence-corrected chi connectivity index (χ4v) is 4.65. The number of amidine groups is 1. The lowest BCUT2D eigenvalue weighted by Gasteiger charge is -2.36. The largest absolute Gasteiger partial charge is 0.463 e. The van der Waals surface area contributed by atoms with Crippen molar-refractivity contribution in [2.45, 2.75) is 19.9 Å². The highest BCUT2D eigenvalue weighted by Gasteiger charge is 2.35. The third kappa shape index (κ3) is 5.73. The first-order chi connectivity index (χ1) is 17.4. The Labute approximate surface area is 215 Å². The van der Waals surface area contributed by atoms with E-state index >= 15 is 0 Å². The molecule has 0 aliphatic carbocycles. The zero-order chi connectivity index (χ0) is 25.7. The van der Waals surface area contributed by atoms with Crippen LogP contribution in [0.4, 0.5) is 9.18 Å². The van der Waals surface area contributed by atoms with Gasteiger partial charge in [0.1, 0.15) is 18.2 Å². The molecule has 0 spiro atoms. The molecule has 1 saturated heterocycles. The average Bonchev–Trinajstić information content (AvgIpc) is 3.39. The maximum absolute atomic E-state index is 13.9. The molecular formula is C23H27BrFN7O4. The summed E-state index contributed by atoms with van der Waals surface area (Å²) in [5, 5.41) is 9.93. The van der Waals surface area contributed by atoms with Gasteiger partial charge in [0.2, 0.25) is 0 Å². The summed E-state index contributed by atoms with van der Waals surface area (Å²) in [5.41, 5.74) is 1.50. The van der Waals surface area contributed by atoms with E-state index in [1.54, 1.807) is 24.8 Å². The van der Waals surface area contributed by atoms with Gasteiger partial charge in [-0.15, -0.1) is 0 Å². The first-order valence-electron chi connectivity index (χ1n) is 11.6. The second-order valence-electron chi connectivity index (χ2n) is 8.08. The van der Waals surface area contributed by atoms with Gasteiger partial charge in [-0.1, -0.05) is 22.0 Å².